The molecular formula is C28H25ClF10O3. The number of aliphatic carboxylic acids is 1. The smallest absolute Gasteiger partial charge is 0.392 e. The average Bonchev–Trinajstić information content (AvgIpc) is 3.71. The predicted octanol–water partition coefficient (Wildman–Crippen LogP) is 9.03. The molecule has 2 aliphatic rings. The molecule has 0 aromatic heterocycles. The van der Waals surface area contributed by atoms with Gasteiger partial charge in [-0.2, -0.15) is 26.3 Å². The Labute approximate surface area is 238 Å². The Morgan fingerprint density at radius 1 is 0.714 bits per heavy atom. The molecule has 0 saturated heterocycles. The molecule has 2 aliphatic carbocycles. The van der Waals surface area contributed by atoms with E-state index in [0.717, 1.165) is 13.8 Å². The maximum atomic E-state index is 12.9. The second-order valence-corrected chi connectivity index (χ2v) is 11.0. The highest BCUT2D eigenvalue weighted by Gasteiger charge is 2.58. The van der Waals surface area contributed by atoms with Gasteiger partial charge >= 0.3 is 18.3 Å². The number of rotatable bonds is 8. The molecule has 2 fully saturated rings. The van der Waals surface area contributed by atoms with E-state index in [2.05, 4.69) is 0 Å². The molecule has 2 aromatic carbocycles. The summed E-state index contributed by atoms with van der Waals surface area (Å²) in [6, 6.07) is 10.1. The number of alkyl halides is 10. The Morgan fingerprint density at radius 2 is 1.00 bits per heavy atom. The minimum Gasteiger partial charge on any atom is -0.481 e. The molecule has 3 nitrogen and oxygen atoms in total. The van der Waals surface area contributed by atoms with E-state index in [0.29, 0.717) is 11.1 Å². The van der Waals surface area contributed by atoms with Crippen molar-refractivity contribution in [2.75, 3.05) is 0 Å². The fourth-order valence-corrected chi connectivity index (χ4v) is 4.98. The fraction of sp³-hybridized carbons (Fsp3) is 0.500. The van der Waals surface area contributed by atoms with Gasteiger partial charge in [-0.05, 0) is 33.9 Å². The zero-order chi connectivity index (χ0) is 32.0. The van der Waals surface area contributed by atoms with Gasteiger partial charge in [0, 0.05) is 12.8 Å². The molecule has 14 heteroatoms. The van der Waals surface area contributed by atoms with E-state index in [9.17, 15) is 53.5 Å². The molecule has 2 aromatic rings. The van der Waals surface area contributed by atoms with Crippen molar-refractivity contribution in [3.05, 3.63) is 70.8 Å². The number of hydrogen-bond acceptors (Lipinski definition) is 2. The lowest BCUT2D eigenvalue weighted by Crippen LogP contribution is -2.31. The molecule has 2 unspecified atom stereocenters. The van der Waals surface area contributed by atoms with Gasteiger partial charge in [0.2, 0.25) is 5.24 Å². The summed E-state index contributed by atoms with van der Waals surface area (Å²) in [5.41, 5.74) is 0.698. The number of carboxylic acids is 1. The van der Waals surface area contributed by atoms with Gasteiger partial charge in [0.05, 0.1) is 35.5 Å². The number of carbonyl (C=O) groups is 2. The molecule has 42 heavy (non-hydrogen) atoms. The van der Waals surface area contributed by atoms with Gasteiger partial charge in [-0.15, -0.1) is 0 Å². The minimum absolute atomic E-state index is 0.0416. The van der Waals surface area contributed by atoms with Crippen LogP contribution in [-0.2, 0) is 9.59 Å². The van der Waals surface area contributed by atoms with Crippen molar-refractivity contribution in [2.24, 2.45) is 11.8 Å². The molecule has 0 heterocycles. The van der Waals surface area contributed by atoms with Crippen molar-refractivity contribution in [1.82, 2.24) is 0 Å². The molecule has 232 valence electrons. The Bertz CT molecular complexity index is 1170. The summed E-state index contributed by atoms with van der Waals surface area (Å²) in [5, 5.41) is 7.89. The quantitative estimate of drug-likeness (QED) is 0.233. The summed E-state index contributed by atoms with van der Waals surface area (Å²) in [5.74, 6) is -16.2. The van der Waals surface area contributed by atoms with Crippen LogP contribution in [0.4, 0.5) is 43.9 Å². The van der Waals surface area contributed by atoms with Crippen LogP contribution in [0.3, 0.4) is 0 Å². The number of carboxylic acid groups (broad SMARTS) is 1. The van der Waals surface area contributed by atoms with Crippen LogP contribution >= 0.6 is 11.6 Å². The highest BCUT2D eigenvalue weighted by Crippen LogP contribution is 2.56. The lowest BCUT2D eigenvalue weighted by molar-refractivity contribution is -0.183. The maximum absolute atomic E-state index is 12.9. The SMILES string of the molecule is C[C@H]([C@H](C(=O)Cl)c1ccc(C2CC2(F)F)cc1)C(F)(F)F.C[C@H]([C@H](C(=O)O)c1ccc(C2CC2(F)F)cc1)C(F)(F)F. The third-order valence-electron chi connectivity index (χ3n) is 7.59. The van der Waals surface area contributed by atoms with E-state index >= 15 is 0 Å². The molecule has 6 atom stereocenters. The molecule has 1 N–H and O–H groups in total. The summed E-state index contributed by atoms with van der Waals surface area (Å²) >= 11 is 5.28. The number of halogens is 11. The van der Waals surface area contributed by atoms with Gasteiger partial charge in [0.25, 0.3) is 11.8 Å². The lowest BCUT2D eigenvalue weighted by atomic mass is 9.86. The fourth-order valence-electron chi connectivity index (χ4n) is 4.66. The van der Waals surface area contributed by atoms with Crippen LogP contribution in [0.2, 0.25) is 0 Å². The first-order valence-electron chi connectivity index (χ1n) is 12.6. The van der Waals surface area contributed by atoms with Crippen LogP contribution in [0, 0.1) is 11.8 Å². The van der Waals surface area contributed by atoms with Crippen LogP contribution in [0.15, 0.2) is 48.5 Å². The molecule has 0 amide bonds. The first-order chi connectivity index (χ1) is 19.1. The molecular weight excluding hydrogens is 610 g/mol. The van der Waals surface area contributed by atoms with Crippen molar-refractivity contribution in [3.8, 4) is 0 Å². The summed E-state index contributed by atoms with van der Waals surface area (Å²) in [6.07, 6.45) is -9.76. The molecule has 0 spiro atoms. The second-order valence-electron chi connectivity index (χ2n) is 10.6. The van der Waals surface area contributed by atoms with E-state index in [1.165, 1.54) is 48.5 Å². The Balaban J connectivity index is 0.000000230. The Morgan fingerprint density at radius 3 is 1.24 bits per heavy atom. The first kappa shape index (κ1) is 33.7. The van der Waals surface area contributed by atoms with Crippen molar-refractivity contribution >= 4 is 22.8 Å². The summed E-state index contributed by atoms with van der Waals surface area (Å²) in [7, 11) is 0. The third kappa shape index (κ3) is 7.76. The lowest BCUT2D eigenvalue weighted by Gasteiger charge is -2.23. The zero-order valence-electron chi connectivity index (χ0n) is 21.9. The maximum Gasteiger partial charge on any atom is 0.392 e. The van der Waals surface area contributed by atoms with E-state index < -0.39 is 70.9 Å². The van der Waals surface area contributed by atoms with Gasteiger partial charge in [0.1, 0.15) is 0 Å². The number of hydrogen-bond donors (Lipinski definition) is 1. The van der Waals surface area contributed by atoms with Crippen LogP contribution in [0.5, 0.6) is 0 Å². The van der Waals surface area contributed by atoms with Gasteiger partial charge in [-0.1, -0.05) is 62.4 Å². The molecule has 0 bridgehead atoms. The van der Waals surface area contributed by atoms with Crippen LogP contribution in [-0.4, -0.2) is 40.5 Å². The van der Waals surface area contributed by atoms with Crippen molar-refractivity contribution in [1.29, 1.82) is 0 Å². The van der Waals surface area contributed by atoms with Crippen molar-refractivity contribution < 1.29 is 58.6 Å². The van der Waals surface area contributed by atoms with Crippen LogP contribution < -0.4 is 0 Å². The number of carbonyl (C=O) groups excluding carboxylic acids is 1. The van der Waals surface area contributed by atoms with Crippen molar-refractivity contribution in [3.63, 3.8) is 0 Å². The van der Waals surface area contributed by atoms with E-state index in [-0.39, 0.29) is 24.0 Å². The summed E-state index contributed by atoms with van der Waals surface area (Å²) < 4.78 is 128. The highest BCUT2D eigenvalue weighted by molar-refractivity contribution is 6.64. The minimum atomic E-state index is -4.65. The van der Waals surface area contributed by atoms with E-state index in [1.807, 2.05) is 0 Å². The second kappa shape index (κ2) is 11.7. The van der Waals surface area contributed by atoms with E-state index in [1.54, 1.807) is 0 Å². The Hall–Kier alpha value is -2.83. The molecule has 4 rings (SSSR count). The van der Waals surface area contributed by atoms with Crippen LogP contribution in [0.25, 0.3) is 0 Å². The normalized spacial score (nSPS) is 23.5. The number of benzene rings is 2. The van der Waals surface area contributed by atoms with Gasteiger partial charge in [-0.25, -0.2) is 17.6 Å². The topological polar surface area (TPSA) is 54.4 Å². The zero-order valence-corrected chi connectivity index (χ0v) is 22.7. The van der Waals surface area contributed by atoms with E-state index in [4.69, 9.17) is 16.7 Å². The van der Waals surface area contributed by atoms with Crippen LogP contribution in [0.1, 0.15) is 72.6 Å². The first-order valence-corrected chi connectivity index (χ1v) is 13.0. The largest absolute Gasteiger partial charge is 0.481 e. The molecule has 0 radical (unpaired) electrons. The highest BCUT2D eigenvalue weighted by atomic mass is 35.5. The molecule has 0 aliphatic heterocycles. The Kier molecular flexibility index (Phi) is 9.37. The standard InChI is InChI=1S/C14H12ClF5O.C14H13F5O2/c1-7(14(18,19)20)11(12(15)21)9-4-2-8(3-5-9)10-6-13(10,16)17;1-7(14(17,18)19)11(12(20)21)9-4-2-8(3-5-9)10-6-13(10,15)16/h2-5,7,10-11H,6H2,1H3;2-5,7,10-11H,6H2,1H3,(H,20,21)/t2*7-,10?,11+/m11/s1. The van der Waals surface area contributed by atoms with Gasteiger partial charge in [0.15, 0.2) is 0 Å². The monoisotopic (exact) mass is 634 g/mol. The van der Waals surface area contributed by atoms with Gasteiger partial charge < -0.3 is 5.11 Å². The summed E-state index contributed by atoms with van der Waals surface area (Å²) in [4.78, 5) is 22.4. The third-order valence-corrected chi connectivity index (χ3v) is 7.83. The molecule has 2 saturated carbocycles. The summed E-state index contributed by atoms with van der Waals surface area (Å²) in [6.45, 7) is 1.66. The average molecular weight is 635 g/mol. The van der Waals surface area contributed by atoms with Gasteiger partial charge in [-0.3, -0.25) is 9.59 Å². The van der Waals surface area contributed by atoms with Crippen molar-refractivity contribution in [2.45, 2.75) is 74.6 Å². The predicted molar refractivity (Wildman–Crippen MR) is 132 cm³/mol.